The van der Waals surface area contributed by atoms with Crippen molar-refractivity contribution in [2.45, 2.75) is 13.3 Å². The monoisotopic (exact) mass is 306 g/mol. The lowest BCUT2D eigenvalue weighted by Crippen LogP contribution is -2.35. The molecule has 1 aromatic rings. The van der Waals surface area contributed by atoms with E-state index in [4.69, 9.17) is 11.6 Å². The minimum Gasteiger partial charge on any atom is -0.341 e. The molecule has 21 heavy (non-hydrogen) atoms. The summed E-state index contributed by atoms with van der Waals surface area (Å²) in [5.74, 6) is 0.0409. The van der Waals surface area contributed by atoms with Crippen LogP contribution in [0.5, 0.6) is 0 Å². The Bertz CT molecular complexity index is 557. The highest BCUT2D eigenvalue weighted by Crippen LogP contribution is 2.12. The first kappa shape index (κ1) is 15.6. The second kappa shape index (κ2) is 7.27. The summed E-state index contributed by atoms with van der Waals surface area (Å²) in [5.41, 5.74) is 0.899. The second-order valence-corrected chi connectivity index (χ2v) is 5.51. The van der Waals surface area contributed by atoms with Gasteiger partial charge in [0.05, 0.1) is 0 Å². The Morgan fingerprint density at radius 3 is 2.57 bits per heavy atom. The van der Waals surface area contributed by atoms with Crippen molar-refractivity contribution in [3.8, 4) is 0 Å². The predicted molar refractivity (Wildman–Crippen MR) is 83.9 cm³/mol. The molecule has 0 atom stereocenters. The van der Waals surface area contributed by atoms with E-state index in [-0.39, 0.29) is 11.8 Å². The molecule has 0 spiro atoms. The van der Waals surface area contributed by atoms with Crippen molar-refractivity contribution in [1.82, 2.24) is 9.80 Å². The Hall–Kier alpha value is -1.81. The van der Waals surface area contributed by atoms with Crippen LogP contribution in [-0.2, 0) is 9.59 Å². The molecule has 0 saturated carbocycles. The highest BCUT2D eigenvalue weighted by Gasteiger charge is 2.18. The van der Waals surface area contributed by atoms with Crippen LogP contribution < -0.4 is 0 Å². The maximum absolute atomic E-state index is 12.2. The number of hydrogen-bond acceptors (Lipinski definition) is 2. The molecule has 1 aromatic carbocycles. The molecule has 1 aliphatic heterocycles. The minimum atomic E-state index is -0.0274. The van der Waals surface area contributed by atoms with Gasteiger partial charge in [0.25, 0.3) is 0 Å². The predicted octanol–water partition coefficient (Wildman–Crippen LogP) is 2.43. The Kier molecular flexibility index (Phi) is 5.39. The van der Waals surface area contributed by atoms with Crippen molar-refractivity contribution in [1.29, 1.82) is 0 Å². The summed E-state index contributed by atoms with van der Waals surface area (Å²) in [5, 5.41) is 0.650. The van der Waals surface area contributed by atoms with E-state index in [0.717, 1.165) is 18.5 Å². The largest absolute Gasteiger partial charge is 0.341 e. The number of carbonyl (C=O) groups excluding carboxylic acids is 2. The zero-order valence-corrected chi connectivity index (χ0v) is 12.8. The molecular weight excluding hydrogens is 288 g/mol. The summed E-state index contributed by atoms with van der Waals surface area (Å²) >= 11 is 5.91. The van der Waals surface area contributed by atoms with Gasteiger partial charge in [-0.3, -0.25) is 9.59 Å². The summed E-state index contributed by atoms with van der Waals surface area (Å²) in [4.78, 5) is 27.1. The first-order valence-corrected chi connectivity index (χ1v) is 7.42. The van der Waals surface area contributed by atoms with Gasteiger partial charge < -0.3 is 9.80 Å². The van der Waals surface area contributed by atoms with Crippen molar-refractivity contribution in [2.24, 2.45) is 0 Å². The van der Waals surface area contributed by atoms with E-state index >= 15 is 0 Å². The van der Waals surface area contributed by atoms with E-state index in [1.165, 1.54) is 0 Å². The van der Waals surface area contributed by atoms with Crippen LogP contribution in [0.1, 0.15) is 18.9 Å². The zero-order chi connectivity index (χ0) is 15.2. The molecule has 2 rings (SSSR count). The van der Waals surface area contributed by atoms with Crippen molar-refractivity contribution >= 4 is 29.5 Å². The van der Waals surface area contributed by atoms with Gasteiger partial charge in [-0.15, -0.1) is 0 Å². The molecule has 0 unspecified atom stereocenters. The molecule has 1 saturated heterocycles. The molecule has 0 aromatic heterocycles. The molecule has 5 heteroatoms. The van der Waals surface area contributed by atoms with Gasteiger partial charge in [-0.2, -0.15) is 0 Å². The van der Waals surface area contributed by atoms with Crippen LogP contribution in [-0.4, -0.2) is 47.8 Å². The third kappa shape index (κ3) is 4.60. The fraction of sp³-hybridized carbons (Fsp3) is 0.375. The molecule has 0 radical (unpaired) electrons. The van der Waals surface area contributed by atoms with Crippen LogP contribution in [0.15, 0.2) is 30.3 Å². The SMILES string of the molecule is CC(=O)N1CCCN(C(=O)/C=C/c2cccc(Cl)c2)CC1. The third-order valence-electron chi connectivity index (χ3n) is 3.52. The molecular formula is C16H19ClN2O2. The van der Waals surface area contributed by atoms with Crippen molar-refractivity contribution < 1.29 is 9.59 Å². The van der Waals surface area contributed by atoms with Crippen LogP contribution >= 0.6 is 11.6 Å². The summed E-state index contributed by atoms with van der Waals surface area (Å²) in [7, 11) is 0. The first-order chi connectivity index (χ1) is 10.1. The van der Waals surface area contributed by atoms with E-state index in [1.807, 2.05) is 18.2 Å². The van der Waals surface area contributed by atoms with Crippen molar-refractivity contribution in [3.05, 3.63) is 40.9 Å². The van der Waals surface area contributed by atoms with Gasteiger partial charge in [-0.25, -0.2) is 0 Å². The molecule has 2 amide bonds. The van der Waals surface area contributed by atoms with Gasteiger partial charge in [0.2, 0.25) is 11.8 Å². The minimum absolute atomic E-state index is 0.0274. The average molecular weight is 307 g/mol. The van der Waals surface area contributed by atoms with Gasteiger partial charge in [0.1, 0.15) is 0 Å². The number of amides is 2. The summed E-state index contributed by atoms with van der Waals surface area (Å²) in [6.07, 6.45) is 4.15. The van der Waals surface area contributed by atoms with Crippen LogP contribution in [0, 0.1) is 0 Å². The number of nitrogens with zero attached hydrogens (tertiary/aromatic N) is 2. The quantitative estimate of drug-likeness (QED) is 0.787. The van der Waals surface area contributed by atoms with Crippen molar-refractivity contribution in [3.63, 3.8) is 0 Å². The normalized spacial score (nSPS) is 16.1. The van der Waals surface area contributed by atoms with E-state index < -0.39 is 0 Å². The van der Waals surface area contributed by atoms with E-state index in [2.05, 4.69) is 0 Å². The molecule has 1 aliphatic rings. The van der Waals surface area contributed by atoms with Crippen LogP contribution in [0.3, 0.4) is 0 Å². The highest BCUT2D eigenvalue weighted by molar-refractivity contribution is 6.30. The van der Waals surface area contributed by atoms with Crippen molar-refractivity contribution in [2.75, 3.05) is 26.2 Å². The third-order valence-corrected chi connectivity index (χ3v) is 3.76. The Morgan fingerprint density at radius 2 is 1.86 bits per heavy atom. The fourth-order valence-electron chi connectivity index (χ4n) is 2.34. The zero-order valence-electron chi connectivity index (χ0n) is 12.1. The molecule has 0 N–H and O–H groups in total. The van der Waals surface area contributed by atoms with Gasteiger partial charge >= 0.3 is 0 Å². The van der Waals surface area contributed by atoms with E-state index in [0.29, 0.717) is 24.7 Å². The molecule has 0 bridgehead atoms. The average Bonchev–Trinajstić information content (AvgIpc) is 2.71. The van der Waals surface area contributed by atoms with Crippen LogP contribution in [0.4, 0.5) is 0 Å². The Labute approximate surface area is 130 Å². The number of carbonyl (C=O) groups is 2. The lowest BCUT2D eigenvalue weighted by atomic mass is 10.2. The summed E-state index contributed by atoms with van der Waals surface area (Å²) < 4.78 is 0. The molecule has 0 aliphatic carbocycles. The van der Waals surface area contributed by atoms with E-state index in [9.17, 15) is 9.59 Å². The van der Waals surface area contributed by atoms with Gasteiger partial charge in [0, 0.05) is 44.2 Å². The number of hydrogen-bond donors (Lipinski definition) is 0. The topological polar surface area (TPSA) is 40.6 Å². The maximum Gasteiger partial charge on any atom is 0.246 e. The van der Waals surface area contributed by atoms with Gasteiger partial charge in [-0.1, -0.05) is 23.7 Å². The number of rotatable bonds is 2. The van der Waals surface area contributed by atoms with Crippen LogP contribution in [0.2, 0.25) is 5.02 Å². The smallest absolute Gasteiger partial charge is 0.246 e. The number of benzene rings is 1. The lowest BCUT2D eigenvalue weighted by Gasteiger charge is -2.20. The fourth-order valence-corrected chi connectivity index (χ4v) is 2.53. The molecule has 4 nitrogen and oxygen atoms in total. The van der Waals surface area contributed by atoms with Gasteiger partial charge in [-0.05, 0) is 30.2 Å². The number of halogens is 1. The molecule has 1 fully saturated rings. The standard InChI is InChI=1S/C16H19ClN2O2/c1-13(20)18-8-3-9-19(11-10-18)16(21)7-6-14-4-2-5-15(17)12-14/h2,4-7,12H,3,8-11H2,1H3/b7-6+. The Morgan fingerprint density at radius 1 is 1.14 bits per heavy atom. The molecule has 1 heterocycles. The van der Waals surface area contributed by atoms with Gasteiger partial charge in [0.15, 0.2) is 0 Å². The van der Waals surface area contributed by atoms with E-state index in [1.54, 1.807) is 34.9 Å². The maximum atomic E-state index is 12.2. The summed E-state index contributed by atoms with van der Waals surface area (Å²) in [6.45, 7) is 4.15. The second-order valence-electron chi connectivity index (χ2n) is 5.07. The highest BCUT2D eigenvalue weighted by atomic mass is 35.5. The Balaban J connectivity index is 1.95. The lowest BCUT2D eigenvalue weighted by molar-refractivity contribution is -0.130. The van der Waals surface area contributed by atoms with Crippen LogP contribution in [0.25, 0.3) is 6.08 Å². The molecule has 112 valence electrons. The first-order valence-electron chi connectivity index (χ1n) is 7.04. The summed E-state index contributed by atoms with van der Waals surface area (Å²) in [6, 6.07) is 7.36.